The smallest absolute Gasteiger partial charge is 0.331 e. The second-order valence-corrected chi connectivity index (χ2v) is 14.4. The van der Waals surface area contributed by atoms with Crippen LogP contribution in [0.25, 0.3) is 0 Å². The Morgan fingerprint density at radius 1 is 0.847 bits per heavy atom. The minimum atomic E-state index is -2.26. The van der Waals surface area contributed by atoms with E-state index in [-0.39, 0.29) is 29.9 Å². The maximum absolute atomic E-state index is 13.3. The Morgan fingerprint density at radius 2 is 1.56 bits per heavy atom. The number of phenolic OH excluding ortho intramolecular Hbond substituents is 2. The molecule has 1 spiro atoms. The van der Waals surface area contributed by atoms with E-state index < -0.39 is 97.9 Å². The molecule has 4 rings (SSSR count). The monoisotopic (exact) mass is 830 g/mol. The molecule has 0 saturated carbocycles. The molecule has 1 aromatic carbocycles. The fourth-order valence-electron chi connectivity index (χ4n) is 6.75. The van der Waals surface area contributed by atoms with Gasteiger partial charge in [0.05, 0.1) is 24.9 Å². The second kappa shape index (κ2) is 23.6. The minimum Gasteiger partial charge on any atom is -0.508 e. The third kappa shape index (κ3) is 12.9. The van der Waals surface area contributed by atoms with Crippen molar-refractivity contribution in [2.24, 2.45) is 0 Å². The normalized spacial score (nSPS) is 30.5. The van der Waals surface area contributed by atoms with Crippen molar-refractivity contribution in [3.8, 4) is 11.5 Å². The predicted octanol–water partition coefficient (Wildman–Crippen LogP) is 2.65. The number of ether oxygens (including phenoxy) is 6. The number of hydrogen-bond donors (Lipinski definition) is 8. The first-order valence-electron chi connectivity index (χ1n) is 19.9. The van der Waals surface area contributed by atoms with Gasteiger partial charge in [-0.15, -0.1) is 0 Å². The number of carbonyl (C=O) groups excluding carboxylic acids is 2. The van der Waals surface area contributed by atoms with Gasteiger partial charge in [0.2, 0.25) is 5.79 Å². The number of fused-ring (bicyclic) bond motifs is 2. The van der Waals surface area contributed by atoms with Crippen LogP contribution in [-0.2, 0) is 50.4 Å². The summed E-state index contributed by atoms with van der Waals surface area (Å²) >= 11 is 0. The van der Waals surface area contributed by atoms with Crippen molar-refractivity contribution in [3.05, 3.63) is 96.2 Å². The van der Waals surface area contributed by atoms with Crippen LogP contribution >= 0.6 is 0 Å². The quantitative estimate of drug-likeness (QED) is 0.0407. The van der Waals surface area contributed by atoms with Crippen LogP contribution in [0.2, 0.25) is 0 Å². The van der Waals surface area contributed by atoms with Crippen molar-refractivity contribution in [1.82, 2.24) is 0 Å². The Morgan fingerprint density at radius 3 is 2.29 bits per heavy atom. The van der Waals surface area contributed by atoms with Gasteiger partial charge in [0, 0.05) is 18.2 Å². The molecule has 1 aromatic rings. The second-order valence-electron chi connectivity index (χ2n) is 14.4. The van der Waals surface area contributed by atoms with Crippen LogP contribution in [0.5, 0.6) is 11.5 Å². The molecule has 0 amide bonds. The number of benzene rings is 1. The number of carbonyl (C=O) groups is 2. The highest BCUT2D eigenvalue weighted by Crippen LogP contribution is 2.51. The van der Waals surface area contributed by atoms with Crippen LogP contribution in [0.15, 0.2) is 85.0 Å². The number of aliphatic hydroxyl groups excluding tert-OH is 6. The predicted molar refractivity (Wildman–Crippen MR) is 211 cm³/mol. The molecule has 11 unspecified atom stereocenters. The van der Waals surface area contributed by atoms with Crippen LogP contribution in [-0.4, -0.2) is 127 Å². The fourth-order valence-corrected chi connectivity index (χ4v) is 6.75. The molecule has 2 fully saturated rings. The summed E-state index contributed by atoms with van der Waals surface area (Å²) in [6.07, 6.45) is 8.56. The molecule has 0 aliphatic carbocycles. The van der Waals surface area contributed by atoms with E-state index in [1.807, 2.05) is 25.2 Å². The van der Waals surface area contributed by atoms with E-state index in [1.165, 1.54) is 24.3 Å². The van der Waals surface area contributed by atoms with E-state index in [0.29, 0.717) is 0 Å². The number of rotatable bonds is 20. The molecule has 3 aliphatic rings. The summed E-state index contributed by atoms with van der Waals surface area (Å²) in [5.74, 6) is -4.91. The Bertz CT molecular complexity index is 1690. The van der Waals surface area contributed by atoms with E-state index in [2.05, 4.69) is 6.92 Å². The van der Waals surface area contributed by atoms with Gasteiger partial charge in [-0.3, -0.25) is 0 Å². The summed E-state index contributed by atoms with van der Waals surface area (Å²) in [6, 6.07) is 2.26. The summed E-state index contributed by atoms with van der Waals surface area (Å²) in [4.78, 5) is 25.6. The minimum absolute atomic E-state index is 0.108. The molecule has 16 heteroatoms. The third-order valence-electron chi connectivity index (χ3n) is 9.82. The lowest BCUT2D eigenvalue weighted by molar-refractivity contribution is -0.395. The van der Waals surface area contributed by atoms with Crippen molar-refractivity contribution in [2.45, 2.75) is 132 Å². The third-order valence-corrected chi connectivity index (χ3v) is 9.82. The molecule has 8 N–H and O–H groups in total. The first-order chi connectivity index (χ1) is 28.4. The lowest BCUT2D eigenvalue weighted by Crippen LogP contribution is -2.67. The zero-order chi connectivity index (χ0) is 43.0. The number of phenols is 2. The number of unbranched alkanes of at least 4 members (excludes halogenated alkanes) is 4. The van der Waals surface area contributed by atoms with Crippen LogP contribution in [0.4, 0.5) is 0 Å². The van der Waals surface area contributed by atoms with Gasteiger partial charge < -0.3 is 69.3 Å². The van der Waals surface area contributed by atoms with Gasteiger partial charge in [-0.05, 0) is 37.3 Å². The zero-order valence-electron chi connectivity index (χ0n) is 33.3. The number of aliphatic hydroxyl groups is 6. The number of esters is 2. The van der Waals surface area contributed by atoms with E-state index in [9.17, 15) is 50.4 Å². The van der Waals surface area contributed by atoms with E-state index in [4.69, 9.17) is 28.4 Å². The Labute approximate surface area is 343 Å². The number of aromatic hydroxyl groups is 2. The Balaban J connectivity index is 1.52. The molecule has 11 atom stereocenters. The average molecular weight is 831 g/mol. The van der Waals surface area contributed by atoms with E-state index >= 15 is 0 Å². The van der Waals surface area contributed by atoms with Crippen molar-refractivity contribution in [3.63, 3.8) is 0 Å². The van der Waals surface area contributed by atoms with Gasteiger partial charge in [0.1, 0.15) is 54.7 Å². The van der Waals surface area contributed by atoms with Gasteiger partial charge in [0.15, 0.2) is 18.5 Å². The lowest BCUT2D eigenvalue weighted by Gasteiger charge is -2.50. The number of hydrogen-bond acceptors (Lipinski definition) is 16. The van der Waals surface area contributed by atoms with E-state index in [0.717, 1.165) is 56.7 Å². The number of allylic oxidation sites excluding steroid dienone is 8. The molecule has 0 radical (unpaired) electrons. The molecule has 0 bridgehead atoms. The van der Waals surface area contributed by atoms with E-state index in [1.54, 1.807) is 24.3 Å². The van der Waals surface area contributed by atoms with Crippen molar-refractivity contribution in [2.75, 3.05) is 13.2 Å². The SMILES string of the molecule is CCC/C=C\C=C\C(=O)OCC1OC(OC2C(CO)OC3(OCc4cc(O)cc(O)c43)C(O)C2OC(=O)/C=C/C=C/CC(O)/C=C/C=C/CCCCC)C(O)C(O)C1O. The molecular formula is C43H58O16. The first-order valence-corrected chi connectivity index (χ1v) is 19.9. The summed E-state index contributed by atoms with van der Waals surface area (Å²) in [5, 5.41) is 86.0. The highest BCUT2D eigenvalue weighted by atomic mass is 16.8. The molecule has 0 aromatic heterocycles. The van der Waals surface area contributed by atoms with Crippen molar-refractivity contribution in [1.29, 1.82) is 0 Å². The molecule has 59 heavy (non-hydrogen) atoms. The summed E-state index contributed by atoms with van der Waals surface area (Å²) in [7, 11) is 0. The summed E-state index contributed by atoms with van der Waals surface area (Å²) in [6.45, 7) is 2.40. The maximum atomic E-state index is 13.3. The maximum Gasteiger partial charge on any atom is 0.331 e. The molecule has 2 saturated heterocycles. The van der Waals surface area contributed by atoms with Gasteiger partial charge in [0.25, 0.3) is 0 Å². The van der Waals surface area contributed by atoms with Gasteiger partial charge in [-0.25, -0.2) is 9.59 Å². The highest BCUT2D eigenvalue weighted by Gasteiger charge is 2.63. The molecular weight excluding hydrogens is 772 g/mol. The standard InChI is InChI=1S/C43H58O16/c1-3-5-7-9-10-12-14-18-28(45)19-15-13-17-21-34(49)57-40-39(31(24-44)59-43(41(40)53)35-27(25-55-43)22-29(46)23-30(35)47)58-42-38(52)37(51)36(50)32(56-42)26-54-33(48)20-16-11-8-6-4-2/h8,10-18,20-23,28,31-32,36-42,44-47,50-53H,3-7,9,19,24-26H2,1-2H3/b11-8-,12-10+,15-13+,18-14+,20-16+,21-17+. The molecule has 3 aliphatic heterocycles. The molecule has 326 valence electrons. The van der Waals surface area contributed by atoms with Crippen molar-refractivity contribution < 1.29 is 78.9 Å². The average Bonchev–Trinajstić information content (AvgIpc) is 3.58. The fraction of sp³-hybridized carbons (Fsp3) is 0.535. The Hall–Kier alpha value is -4.20. The largest absolute Gasteiger partial charge is 0.508 e. The lowest BCUT2D eigenvalue weighted by atomic mass is 9.86. The van der Waals surface area contributed by atoms with Gasteiger partial charge >= 0.3 is 11.9 Å². The zero-order valence-corrected chi connectivity index (χ0v) is 33.3. The van der Waals surface area contributed by atoms with Gasteiger partial charge in [-0.1, -0.05) is 93.9 Å². The van der Waals surface area contributed by atoms with Crippen LogP contribution in [0.3, 0.4) is 0 Å². The first kappa shape index (κ1) is 47.5. The topological polar surface area (TPSA) is 251 Å². The van der Waals surface area contributed by atoms with Crippen LogP contribution in [0.1, 0.15) is 69.9 Å². The molecule has 16 nitrogen and oxygen atoms in total. The summed E-state index contributed by atoms with van der Waals surface area (Å²) < 4.78 is 34.6. The molecule has 3 heterocycles. The van der Waals surface area contributed by atoms with Crippen molar-refractivity contribution >= 4 is 11.9 Å². The summed E-state index contributed by atoms with van der Waals surface area (Å²) in [5.41, 5.74) is 0.114. The van der Waals surface area contributed by atoms with Crippen LogP contribution in [0, 0.1) is 0 Å². The highest BCUT2D eigenvalue weighted by molar-refractivity contribution is 5.82. The Kier molecular flexibility index (Phi) is 19.0. The van der Waals surface area contributed by atoms with Gasteiger partial charge in [-0.2, -0.15) is 0 Å². The van der Waals surface area contributed by atoms with Crippen LogP contribution < -0.4 is 0 Å².